The lowest BCUT2D eigenvalue weighted by Gasteiger charge is -2.04. The number of hydrogen-bond donors (Lipinski definition) is 0. The minimum atomic E-state index is -0.861. The summed E-state index contributed by atoms with van der Waals surface area (Å²) in [4.78, 5) is 33.6. The van der Waals surface area contributed by atoms with E-state index in [1.54, 1.807) is 0 Å². The fourth-order valence-electron chi connectivity index (χ4n) is 1.26. The second-order valence-corrected chi connectivity index (χ2v) is 5.79. The summed E-state index contributed by atoms with van der Waals surface area (Å²) in [7, 11) is -0.861. The van der Waals surface area contributed by atoms with E-state index in [9.17, 15) is 14.4 Å². The number of rotatable bonds is 11. The fraction of sp³-hybridized carbons (Fsp3) is 0.643. The molecule has 0 unspecified atom stereocenters. The van der Waals surface area contributed by atoms with Gasteiger partial charge in [-0.05, 0) is 12.5 Å². The van der Waals surface area contributed by atoms with E-state index in [2.05, 4.69) is 11.7 Å². The maximum Gasteiger partial charge on any atom is 0.331 e. The first-order valence-electron chi connectivity index (χ1n) is 7.27. The fourth-order valence-corrected chi connectivity index (χ4v) is 2.42. The van der Waals surface area contributed by atoms with Crippen LogP contribution < -0.4 is 0 Å². The predicted octanol–water partition coefficient (Wildman–Crippen LogP) is 1.27. The zero-order valence-corrected chi connectivity index (χ0v) is 14.2. The molecule has 0 amide bonds. The van der Waals surface area contributed by atoms with Crippen LogP contribution in [0.4, 0.5) is 0 Å². The first kappa shape index (κ1) is 19.4. The molecule has 0 rings (SSSR count). The Morgan fingerprint density at radius 2 is 1.57 bits per heavy atom. The van der Waals surface area contributed by atoms with Crippen molar-refractivity contribution in [2.75, 3.05) is 13.2 Å². The highest BCUT2D eigenvalue weighted by Gasteiger charge is 2.06. The van der Waals surface area contributed by atoms with Crippen LogP contribution in [-0.4, -0.2) is 40.9 Å². The Balaban J connectivity index is 3.73. The Morgan fingerprint density at radius 3 is 2.19 bits per heavy atom. The van der Waals surface area contributed by atoms with E-state index in [1.165, 1.54) is 0 Å². The van der Waals surface area contributed by atoms with Crippen LogP contribution in [0.5, 0.6) is 0 Å². The van der Waals surface area contributed by atoms with Gasteiger partial charge in [-0.1, -0.05) is 33.1 Å². The molecule has 0 aliphatic carbocycles. The number of esters is 2. The lowest BCUT2D eigenvalue weighted by atomic mass is 10.4. The molecule has 7 heteroatoms. The van der Waals surface area contributed by atoms with Gasteiger partial charge in [-0.2, -0.15) is 0 Å². The Bertz CT molecular complexity index is 353. The maximum atomic E-state index is 11.2. The van der Waals surface area contributed by atoms with Gasteiger partial charge >= 0.3 is 17.9 Å². The molecule has 0 fully saturated rings. The van der Waals surface area contributed by atoms with Gasteiger partial charge in [0.1, 0.15) is 0 Å². The summed E-state index contributed by atoms with van der Waals surface area (Å²) >= 11 is 0. The van der Waals surface area contributed by atoms with Gasteiger partial charge < -0.3 is 13.9 Å². The van der Waals surface area contributed by atoms with Gasteiger partial charge in [-0.25, -0.2) is 14.4 Å². The standard InChI is InChI=1S/C14H24O6Si/c1-3-5-9-18-12(15)7-8-13(16)19-11-14(17)20-21-10-6-4-2/h7-8H,3-6,9-11,21H2,1-2H3/b8-7+. The van der Waals surface area contributed by atoms with Crippen LogP contribution in [0.1, 0.15) is 39.5 Å². The smallest absolute Gasteiger partial charge is 0.331 e. The van der Waals surface area contributed by atoms with Crippen LogP contribution in [0, 0.1) is 0 Å². The monoisotopic (exact) mass is 316 g/mol. The van der Waals surface area contributed by atoms with Crippen molar-refractivity contribution in [3.05, 3.63) is 12.2 Å². The molecule has 0 bridgehead atoms. The molecule has 0 saturated heterocycles. The van der Waals surface area contributed by atoms with E-state index < -0.39 is 34.3 Å². The number of hydrogen-bond acceptors (Lipinski definition) is 6. The van der Waals surface area contributed by atoms with Crippen molar-refractivity contribution in [3.8, 4) is 0 Å². The Morgan fingerprint density at radius 1 is 0.952 bits per heavy atom. The molecule has 0 aliphatic heterocycles. The van der Waals surface area contributed by atoms with Gasteiger partial charge in [-0.3, -0.25) is 0 Å². The van der Waals surface area contributed by atoms with E-state index in [0.717, 1.165) is 43.9 Å². The van der Waals surface area contributed by atoms with Crippen LogP contribution in [0.2, 0.25) is 6.04 Å². The summed E-state index contributed by atoms with van der Waals surface area (Å²) in [5.74, 6) is -1.91. The zero-order valence-electron chi connectivity index (χ0n) is 12.8. The molecule has 21 heavy (non-hydrogen) atoms. The van der Waals surface area contributed by atoms with Crippen molar-refractivity contribution < 1.29 is 28.3 Å². The second-order valence-electron chi connectivity index (χ2n) is 4.39. The van der Waals surface area contributed by atoms with Gasteiger partial charge in [0.05, 0.1) is 6.61 Å². The third kappa shape index (κ3) is 13.1. The lowest BCUT2D eigenvalue weighted by molar-refractivity contribution is -0.150. The zero-order chi connectivity index (χ0) is 15.9. The Labute approximate surface area is 127 Å². The van der Waals surface area contributed by atoms with Crippen LogP contribution in [-0.2, 0) is 28.3 Å². The van der Waals surface area contributed by atoms with E-state index in [-0.39, 0.29) is 0 Å². The summed E-state index contributed by atoms with van der Waals surface area (Å²) in [6, 6.07) is 0.930. The average molecular weight is 316 g/mol. The van der Waals surface area contributed by atoms with Crippen molar-refractivity contribution in [1.29, 1.82) is 0 Å². The van der Waals surface area contributed by atoms with E-state index >= 15 is 0 Å². The molecular formula is C14H24O6Si. The average Bonchev–Trinajstić information content (AvgIpc) is 2.47. The molecule has 0 heterocycles. The third-order valence-corrected chi connectivity index (χ3v) is 3.76. The summed E-state index contributed by atoms with van der Waals surface area (Å²) < 4.78 is 14.5. The minimum absolute atomic E-state index is 0.323. The molecule has 0 aromatic heterocycles. The van der Waals surface area contributed by atoms with E-state index in [4.69, 9.17) is 9.16 Å². The van der Waals surface area contributed by atoms with Gasteiger partial charge in [0.2, 0.25) is 9.76 Å². The van der Waals surface area contributed by atoms with Gasteiger partial charge in [-0.15, -0.1) is 0 Å². The molecule has 0 spiro atoms. The Kier molecular flexibility index (Phi) is 12.3. The van der Waals surface area contributed by atoms with Crippen molar-refractivity contribution in [1.82, 2.24) is 0 Å². The van der Waals surface area contributed by atoms with Gasteiger partial charge in [0.15, 0.2) is 6.61 Å². The van der Waals surface area contributed by atoms with Crippen molar-refractivity contribution in [3.63, 3.8) is 0 Å². The maximum absolute atomic E-state index is 11.2. The first-order chi connectivity index (χ1) is 10.1. The molecule has 0 N–H and O–H groups in total. The molecule has 0 aliphatic rings. The number of ether oxygens (including phenoxy) is 2. The normalized spacial score (nSPS) is 11.0. The van der Waals surface area contributed by atoms with Crippen molar-refractivity contribution in [2.45, 2.75) is 45.6 Å². The summed E-state index contributed by atoms with van der Waals surface area (Å²) in [5, 5.41) is 0. The first-order valence-corrected chi connectivity index (χ1v) is 8.85. The molecule has 0 saturated carbocycles. The summed E-state index contributed by atoms with van der Waals surface area (Å²) in [6.45, 7) is 3.94. The molecule has 6 nitrogen and oxygen atoms in total. The molecule has 0 aromatic rings. The van der Waals surface area contributed by atoms with Crippen molar-refractivity contribution in [2.24, 2.45) is 0 Å². The molecule has 120 valence electrons. The van der Waals surface area contributed by atoms with Crippen LogP contribution in [0.15, 0.2) is 12.2 Å². The molecular weight excluding hydrogens is 292 g/mol. The highest BCUT2D eigenvalue weighted by atomic mass is 28.2. The van der Waals surface area contributed by atoms with Gasteiger partial charge in [0, 0.05) is 12.2 Å². The van der Waals surface area contributed by atoms with Crippen LogP contribution in [0.25, 0.3) is 0 Å². The number of carbonyl (C=O) groups is 3. The third-order valence-electron chi connectivity index (χ3n) is 2.44. The largest absolute Gasteiger partial charge is 0.522 e. The Hall–Kier alpha value is -1.63. The lowest BCUT2D eigenvalue weighted by Crippen LogP contribution is -2.17. The van der Waals surface area contributed by atoms with Gasteiger partial charge in [0.25, 0.3) is 0 Å². The quantitative estimate of drug-likeness (QED) is 0.247. The molecule has 0 atom stereocenters. The summed E-state index contributed by atoms with van der Waals surface area (Å²) in [6.07, 6.45) is 5.73. The van der Waals surface area contributed by atoms with Crippen molar-refractivity contribution >= 4 is 27.7 Å². The number of unbranched alkanes of at least 4 members (excludes halogenated alkanes) is 2. The predicted molar refractivity (Wildman–Crippen MR) is 80.3 cm³/mol. The second kappa shape index (κ2) is 13.4. The highest BCUT2D eigenvalue weighted by Crippen LogP contribution is 1.95. The van der Waals surface area contributed by atoms with E-state index in [0.29, 0.717) is 6.61 Å². The minimum Gasteiger partial charge on any atom is -0.522 e. The highest BCUT2D eigenvalue weighted by molar-refractivity contribution is 6.30. The van der Waals surface area contributed by atoms with Crippen LogP contribution in [0.3, 0.4) is 0 Å². The SMILES string of the molecule is CCCCOC(=O)/C=C/C(=O)OCC(=O)O[SiH2]CCCC. The summed E-state index contributed by atoms with van der Waals surface area (Å²) in [5.41, 5.74) is 0. The number of carbonyl (C=O) groups excluding carboxylic acids is 3. The topological polar surface area (TPSA) is 78.9 Å². The molecule has 0 aromatic carbocycles. The van der Waals surface area contributed by atoms with E-state index in [1.807, 2.05) is 6.92 Å². The molecule has 0 radical (unpaired) electrons. The van der Waals surface area contributed by atoms with Crippen LogP contribution >= 0.6 is 0 Å².